The van der Waals surface area contributed by atoms with Crippen LogP contribution in [-0.4, -0.2) is 13.2 Å². The summed E-state index contributed by atoms with van der Waals surface area (Å²) in [6.07, 6.45) is 7.63. The number of unbranched alkanes of at least 4 members (excludes halogenated alkanes) is 6. The minimum Gasteiger partial charge on any atom is -0.381 e. The van der Waals surface area contributed by atoms with E-state index >= 15 is 0 Å². The van der Waals surface area contributed by atoms with Gasteiger partial charge in [-0.3, -0.25) is 0 Å². The van der Waals surface area contributed by atoms with E-state index in [1.165, 1.54) is 0 Å². The third-order valence-corrected chi connectivity index (χ3v) is 2.15. The van der Waals surface area contributed by atoms with E-state index in [4.69, 9.17) is 15.3 Å². The lowest BCUT2D eigenvalue weighted by atomic mass is 10.2. The van der Waals surface area contributed by atoms with E-state index in [1.54, 1.807) is 0 Å². The van der Waals surface area contributed by atoms with E-state index < -0.39 is 0 Å². The van der Waals surface area contributed by atoms with Crippen molar-refractivity contribution in [1.82, 2.24) is 0 Å². The number of nitrogens with zero attached hydrogens (tertiary/aromatic N) is 2. The molecule has 3 nitrogen and oxygen atoms in total. The Labute approximate surface area is 92.7 Å². The van der Waals surface area contributed by atoms with Gasteiger partial charge in [-0.15, -0.1) is 0 Å². The van der Waals surface area contributed by atoms with Crippen LogP contribution in [0.2, 0.25) is 0 Å². The summed E-state index contributed by atoms with van der Waals surface area (Å²) in [5.74, 6) is 0. The Kier molecular flexibility index (Phi) is 12.0. The first kappa shape index (κ1) is 13.9. The zero-order valence-corrected chi connectivity index (χ0v) is 9.37. The second-order valence-electron chi connectivity index (χ2n) is 3.55. The molecule has 0 amide bonds. The molecule has 0 rings (SSSR count). The number of nitriles is 2. The Morgan fingerprint density at radius 1 is 0.667 bits per heavy atom. The molecule has 0 aromatic heterocycles. The smallest absolute Gasteiger partial charge is 0.0621 e. The second kappa shape index (κ2) is 12.9. The summed E-state index contributed by atoms with van der Waals surface area (Å²) in [6, 6.07) is 4.26. The predicted molar refractivity (Wildman–Crippen MR) is 59.0 cm³/mol. The van der Waals surface area contributed by atoms with Crippen molar-refractivity contribution >= 4 is 0 Å². The van der Waals surface area contributed by atoms with Crippen molar-refractivity contribution in [3.8, 4) is 12.1 Å². The van der Waals surface area contributed by atoms with E-state index in [9.17, 15) is 0 Å². The van der Waals surface area contributed by atoms with Gasteiger partial charge in [-0.2, -0.15) is 10.5 Å². The minimum absolute atomic E-state index is 0.636. The van der Waals surface area contributed by atoms with Crippen LogP contribution in [0.15, 0.2) is 0 Å². The van der Waals surface area contributed by atoms with E-state index in [0.29, 0.717) is 12.8 Å². The largest absolute Gasteiger partial charge is 0.381 e. The van der Waals surface area contributed by atoms with Gasteiger partial charge in [0.15, 0.2) is 0 Å². The van der Waals surface area contributed by atoms with Gasteiger partial charge < -0.3 is 4.74 Å². The molecule has 0 saturated carbocycles. The Bertz CT molecular complexity index is 181. The highest BCUT2D eigenvalue weighted by Crippen LogP contribution is 2.03. The van der Waals surface area contributed by atoms with Crippen molar-refractivity contribution in [2.24, 2.45) is 0 Å². The van der Waals surface area contributed by atoms with E-state index in [1.807, 2.05) is 0 Å². The summed E-state index contributed by atoms with van der Waals surface area (Å²) in [5, 5.41) is 16.6. The molecule has 0 aromatic carbocycles. The predicted octanol–water partition coefficient (Wildman–Crippen LogP) is 3.17. The second-order valence-corrected chi connectivity index (χ2v) is 3.55. The molecule has 0 fully saturated rings. The summed E-state index contributed by atoms with van der Waals surface area (Å²) in [7, 11) is 0. The fourth-order valence-corrected chi connectivity index (χ4v) is 1.27. The maximum atomic E-state index is 8.31. The van der Waals surface area contributed by atoms with Crippen LogP contribution in [0, 0.1) is 22.7 Å². The molecule has 0 N–H and O–H groups in total. The first-order valence-electron chi connectivity index (χ1n) is 5.73. The first-order chi connectivity index (χ1) is 7.41. The summed E-state index contributed by atoms with van der Waals surface area (Å²) < 4.78 is 5.41. The summed E-state index contributed by atoms with van der Waals surface area (Å²) >= 11 is 0. The first-order valence-corrected chi connectivity index (χ1v) is 5.73. The molecule has 0 aliphatic carbocycles. The highest BCUT2D eigenvalue weighted by Gasteiger charge is 1.91. The van der Waals surface area contributed by atoms with Crippen LogP contribution in [0.4, 0.5) is 0 Å². The molecule has 15 heavy (non-hydrogen) atoms. The molecule has 0 spiro atoms. The van der Waals surface area contributed by atoms with Gasteiger partial charge in [-0.05, 0) is 25.7 Å². The number of ether oxygens (including phenoxy) is 1. The third-order valence-electron chi connectivity index (χ3n) is 2.15. The summed E-state index contributed by atoms with van der Waals surface area (Å²) in [6.45, 7) is 1.60. The van der Waals surface area contributed by atoms with Crippen LogP contribution in [0.5, 0.6) is 0 Å². The van der Waals surface area contributed by atoms with Gasteiger partial charge in [0.25, 0.3) is 0 Å². The molecule has 0 heterocycles. The Hall–Kier alpha value is -1.06. The maximum absolute atomic E-state index is 8.31. The van der Waals surface area contributed by atoms with Crippen LogP contribution >= 0.6 is 0 Å². The van der Waals surface area contributed by atoms with Crippen LogP contribution in [0.25, 0.3) is 0 Å². The topological polar surface area (TPSA) is 56.8 Å². The molecule has 0 bridgehead atoms. The van der Waals surface area contributed by atoms with Crippen molar-refractivity contribution in [2.75, 3.05) is 13.2 Å². The normalized spacial score (nSPS) is 9.47. The molecule has 0 aliphatic rings. The van der Waals surface area contributed by atoms with Crippen molar-refractivity contribution in [3.05, 3.63) is 0 Å². The lowest BCUT2D eigenvalue weighted by molar-refractivity contribution is 0.126. The maximum Gasteiger partial charge on any atom is 0.0621 e. The molecule has 3 heteroatoms. The van der Waals surface area contributed by atoms with Crippen LogP contribution in [-0.2, 0) is 4.74 Å². The highest BCUT2D eigenvalue weighted by atomic mass is 16.5. The molecule has 0 unspecified atom stereocenters. The van der Waals surface area contributed by atoms with E-state index in [2.05, 4.69) is 12.1 Å². The average Bonchev–Trinajstić information content (AvgIpc) is 2.26. The standard InChI is InChI=1S/C12H20N2O/c13-9-5-2-1-3-7-11-15-12-8-4-6-10-14/h1-8,11-12H2. The molecule has 0 aromatic rings. The SMILES string of the molecule is N#CCCCCCCOCCCCC#N. The van der Waals surface area contributed by atoms with Gasteiger partial charge in [0.2, 0.25) is 0 Å². The molecule has 84 valence electrons. The Morgan fingerprint density at radius 3 is 1.73 bits per heavy atom. The van der Waals surface area contributed by atoms with Gasteiger partial charge >= 0.3 is 0 Å². The summed E-state index contributed by atoms with van der Waals surface area (Å²) in [5.41, 5.74) is 0. The van der Waals surface area contributed by atoms with Crippen molar-refractivity contribution < 1.29 is 4.74 Å². The zero-order valence-electron chi connectivity index (χ0n) is 9.37. The highest BCUT2D eigenvalue weighted by molar-refractivity contribution is 4.68. The van der Waals surface area contributed by atoms with Gasteiger partial charge in [0, 0.05) is 26.1 Å². The minimum atomic E-state index is 0.636. The Balaban J connectivity index is 2.88. The quantitative estimate of drug-likeness (QED) is 0.518. The number of rotatable bonds is 10. The van der Waals surface area contributed by atoms with Gasteiger partial charge in [0.1, 0.15) is 0 Å². The van der Waals surface area contributed by atoms with Crippen molar-refractivity contribution in [2.45, 2.75) is 51.4 Å². The monoisotopic (exact) mass is 208 g/mol. The Morgan fingerprint density at radius 2 is 1.13 bits per heavy atom. The average molecular weight is 208 g/mol. The summed E-state index contributed by atoms with van der Waals surface area (Å²) in [4.78, 5) is 0. The third kappa shape index (κ3) is 12.9. The van der Waals surface area contributed by atoms with Gasteiger partial charge in [-0.1, -0.05) is 12.8 Å². The fraction of sp³-hybridized carbons (Fsp3) is 0.833. The molecule has 0 aliphatic heterocycles. The van der Waals surface area contributed by atoms with E-state index in [-0.39, 0.29) is 0 Å². The van der Waals surface area contributed by atoms with Crippen molar-refractivity contribution in [3.63, 3.8) is 0 Å². The molecular weight excluding hydrogens is 188 g/mol. The van der Waals surface area contributed by atoms with Crippen LogP contribution in [0.3, 0.4) is 0 Å². The van der Waals surface area contributed by atoms with Crippen molar-refractivity contribution in [1.29, 1.82) is 10.5 Å². The molecular formula is C12H20N2O. The number of hydrogen-bond donors (Lipinski definition) is 0. The number of hydrogen-bond acceptors (Lipinski definition) is 3. The van der Waals surface area contributed by atoms with E-state index in [0.717, 1.165) is 51.7 Å². The fourth-order valence-electron chi connectivity index (χ4n) is 1.27. The van der Waals surface area contributed by atoms with Crippen LogP contribution < -0.4 is 0 Å². The molecule has 0 radical (unpaired) electrons. The van der Waals surface area contributed by atoms with Crippen LogP contribution in [0.1, 0.15) is 51.4 Å². The van der Waals surface area contributed by atoms with Gasteiger partial charge in [-0.25, -0.2) is 0 Å². The molecule has 0 atom stereocenters. The van der Waals surface area contributed by atoms with Gasteiger partial charge in [0.05, 0.1) is 12.1 Å². The lowest BCUT2D eigenvalue weighted by Gasteiger charge is -2.02. The zero-order chi connectivity index (χ0) is 11.2. The lowest BCUT2D eigenvalue weighted by Crippen LogP contribution is -1.96. The molecule has 0 saturated heterocycles.